The van der Waals surface area contributed by atoms with E-state index in [4.69, 9.17) is 4.98 Å². The van der Waals surface area contributed by atoms with Crippen LogP contribution >= 0.6 is 0 Å². The van der Waals surface area contributed by atoms with Crippen LogP contribution in [-0.2, 0) is 19.4 Å². The Balaban J connectivity index is 1.53. The van der Waals surface area contributed by atoms with E-state index in [-0.39, 0.29) is 5.91 Å². The first-order chi connectivity index (χ1) is 12.9. The Kier molecular flexibility index (Phi) is 4.46. The van der Waals surface area contributed by atoms with Gasteiger partial charge < -0.3 is 10.3 Å². The van der Waals surface area contributed by atoms with Crippen molar-refractivity contribution < 1.29 is 4.79 Å². The van der Waals surface area contributed by atoms with Crippen LogP contribution in [0.25, 0.3) is 11.0 Å². The number of amides is 1. The molecule has 0 aromatic carbocycles. The SMILES string of the molecule is CC(C)(C)C1CCc2nc3cc(C(=O)NCc4cccnc4)[nH]c3cc2C1. The fourth-order valence-electron chi connectivity index (χ4n) is 3.85. The fourth-order valence-corrected chi connectivity index (χ4v) is 3.85. The van der Waals surface area contributed by atoms with Crippen molar-refractivity contribution in [2.24, 2.45) is 11.3 Å². The van der Waals surface area contributed by atoms with Crippen LogP contribution in [0.1, 0.15) is 54.5 Å². The lowest BCUT2D eigenvalue weighted by Gasteiger charge is -2.34. The molecule has 140 valence electrons. The van der Waals surface area contributed by atoms with E-state index in [1.165, 1.54) is 17.7 Å². The largest absolute Gasteiger partial charge is 0.349 e. The van der Waals surface area contributed by atoms with Crippen LogP contribution in [0.2, 0.25) is 0 Å². The van der Waals surface area contributed by atoms with Crippen LogP contribution in [0.5, 0.6) is 0 Å². The molecule has 1 aliphatic rings. The number of carbonyl (C=O) groups is 1. The lowest BCUT2D eigenvalue weighted by atomic mass is 9.71. The Morgan fingerprint density at radius 2 is 2.19 bits per heavy atom. The summed E-state index contributed by atoms with van der Waals surface area (Å²) in [4.78, 5) is 24.6. The Hall–Kier alpha value is -2.69. The van der Waals surface area contributed by atoms with E-state index in [0.29, 0.717) is 23.6 Å². The number of aryl methyl sites for hydroxylation is 1. The van der Waals surface area contributed by atoms with Gasteiger partial charge in [-0.2, -0.15) is 0 Å². The van der Waals surface area contributed by atoms with Gasteiger partial charge in [0.25, 0.3) is 5.91 Å². The first-order valence-electron chi connectivity index (χ1n) is 9.59. The van der Waals surface area contributed by atoms with Gasteiger partial charge in [-0.15, -0.1) is 0 Å². The van der Waals surface area contributed by atoms with Crippen molar-refractivity contribution in [2.75, 3.05) is 0 Å². The highest BCUT2D eigenvalue weighted by atomic mass is 16.1. The van der Waals surface area contributed by atoms with Crippen molar-refractivity contribution in [1.29, 1.82) is 0 Å². The van der Waals surface area contributed by atoms with Gasteiger partial charge in [-0.1, -0.05) is 26.8 Å². The summed E-state index contributed by atoms with van der Waals surface area (Å²) in [5.41, 5.74) is 6.14. The van der Waals surface area contributed by atoms with E-state index in [2.05, 4.69) is 42.1 Å². The Morgan fingerprint density at radius 1 is 1.33 bits per heavy atom. The number of hydrogen-bond acceptors (Lipinski definition) is 3. The number of aromatic nitrogens is 3. The van der Waals surface area contributed by atoms with Gasteiger partial charge in [-0.25, -0.2) is 0 Å². The third-order valence-corrected chi connectivity index (χ3v) is 5.61. The Labute approximate surface area is 159 Å². The minimum Gasteiger partial charge on any atom is -0.349 e. The molecule has 0 saturated heterocycles. The average molecular weight is 362 g/mol. The number of nitrogens with one attached hydrogen (secondary N) is 2. The second-order valence-corrected chi connectivity index (χ2v) is 8.56. The first kappa shape index (κ1) is 17.7. The van der Waals surface area contributed by atoms with Crippen LogP contribution in [-0.4, -0.2) is 20.9 Å². The van der Waals surface area contributed by atoms with E-state index in [9.17, 15) is 4.79 Å². The highest BCUT2D eigenvalue weighted by molar-refractivity contribution is 5.97. The van der Waals surface area contributed by atoms with Gasteiger partial charge in [0.1, 0.15) is 5.69 Å². The quantitative estimate of drug-likeness (QED) is 0.739. The molecule has 4 rings (SSSR count). The van der Waals surface area contributed by atoms with Crippen molar-refractivity contribution in [1.82, 2.24) is 20.3 Å². The molecule has 0 bridgehead atoms. The van der Waals surface area contributed by atoms with E-state index < -0.39 is 0 Å². The average Bonchev–Trinajstić information content (AvgIpc) is 3.06. The molecule has 0 saturated carbocycles. The Bertz CT molecular complexity index is 969. The van der Waals surface area contributed by atoms with Gasteiger partial charge in [-0.3, -0.25) is 14.8 Å². The van der Waals surface area contributed by atoms with Crippen LogP contribution in [0.4, 0.5) is 0 Å². The smallest absolute Gasteiger partial charge is 0.268 e. The number of aromatic amines is 1. The Morgan fingerprint density at radius 3 is 2.93 bits per heavy atom. The van der Waals surface area contributed by atoms with Gasteiger partial charge in [0, 0.05) is 24.6 Å². The minimum absolute atomic E-state index is 0.123. The van der Waals surface area contributed by atoms with Gasteiger partial charge >= 0.3 is 0 Å². The molecule has 1 aliphatic carbocycles. The molecule has 1 unspecified atom stereocenters. The number of fused-ring (bicyclic) bond motifs is 2. The summed E-state index contributed by atoms with van der Waals surface area (Å²) in [7, 11) is 0. The van der Waals surface area contributed by atoms with Crippen molar-refractivity contribution >= 4 is 16.9 Å². The molecule has 3 aromatic rings. The topological polar surface area (TPSA) is 70.7 Å². The molecular weight excluding hydrogens is 336 g/mol. The molecule has 0 fully saturated rings. The van der Waals surface area contributed by atoms with Gasteiger partial charge in [0.15, 0.2) is 0 Å². The molecule has 5 heteroatoms. The van der Waals surface area contributed by atoms with Crippen LogP contribution in [0, 0.1) is 11.3 Å². The van der Waals surface area contributed by atoms with E-state index in [1.807, 2.05) is 18.2 Å². The zero-order valence-corrected chi connectivity index (χ0v) is 16.2. The molecular formula is C22H26N4O. The predicted molar refractivity (Wildman–Crippen MR) is 106 cm³/mol. The van der Waals surface area contributed by atoms with E-state index in [0.717, 1.165) is 29.4 Å². The second-order valence-electron chi connectivity index (χ2n) is 8.56. The molecule has 0 spiro atoms. The van der Waals surface area contributed by atoms with Crippen molar-refractivity contribution in [3.8, 4) is 0 Å². The van der Waals surface area contributed by atoms with Crippen LogP contribution < -0.4 is 5.32 Å². The first-order valence-corrected chi connectivity index (χ1v) is 9.59. The van der Waals surface area contributed by atoms with Crippen LogP contribution in [0.15, 0.2) is 36.7 Å². The maximum atomic E-state index is 12.5. The monoisotopic (exact) mass is 362 g/mol. The van der Waals surface area contributed by atoms with E-state index in [1.54, 1.807) is 12.4 Å². The molecule has 27 heavy (non-hydrogen) atoms. The molecule has 1 amide bonds. The summed E-state index contributed by atoms with van der Waals surface area (Å²) in [6, 6.07) is 7.85. The molecule has 0 radical (unpaired) electrons. The summed E-state index contributed by atoms with van der Waals surface area (Å²) in [6.07, 6.45) is 6.73. The molecule has 0 aliphatic heterocycles. The van der Waals surface area contributed by atoms with Gasteiger partial charge in [0.2, 0.25) is 0 Å². The van der Waals surface area contributed by atoms with Crippen molar-refractivity contribution in [3.63, 3.8) is 0 Å². The van der Waals surface area contributed by atoms with Gasteiger partial charge in [0.05, 0.1) is 11.0 Å². The number of pyridine rings is 2. The summed E-state index contributed by atoms with van der Waals surface area (Å²) in [5.74, 6) is 0.545. The number of rotatable bonds is 3. The molecule has 1 atom stereocenters. The van der Waals surface area contributed by atoms with Crippen molar-refractivity contribution in [2.45, 2.75) is 46.6 Å². The summed E-state index contributed by atoms with van der Waals surface area (Å²) in [5, 5.41) is 2.93. The molecule has 5 nitrogen and oxygen atoms in total. The zero-order valence-electron chi connectivity index (χ0n) is 16.2. The number of carbonyl (C=O) groups excluding carboxylic acids is 1. The highest BCUT2D eigenvalue weighted by Gasteiger charge is 2.29. The zero-order chi connectivity index (χ0) is 19.0. The standard InChI is InChI=1S/C22H26N4O/c1-22(2,3)16-6-7-17-15(9-16)10-18-19(25-17)11-20(26-18)21(27)24-13-14-5-4-8-23-12-14/h4-5,8,10-12,16,26H,6-7,9,13H2,1-3H3,(H,24,27). The lowest BCUT2D eigenvalue weighted by molar-refractivity contribution is 0.0946. The number of hydrogen-bond donors (Lipinski definition) is 2. The number of nitrogens with zero attached hydrogens (tertiary/aromatic N) is 2. The molecule has 2 N–H and O–H groups in total. The maximum absolute atomic E-state index is 12.5. The second kappa shape index (κ2) is 6.80. The third kappa shape index (κ3) is 3.72. The fraction of sp³-hybridized carbons (Fsp3) is 0.409. The minimum atomic E-state index is -0.123. The summed E-state index contributed by atoms with van der Waals surface area (Å²) in [6.45, 7) is 7.40. The lowest BCUT2D eigenvalue weighted by Crippen LogP contribution is -2.27. The van der Waals surface area contributed by atoms with E-state index >= 15 is 0 Å². The number of H-pyrrole nitrogens is 1. The van der Waals surface area contributed by atoms with Gasteiger partial charge in [-0.05, 0) is 59.9 Å². The predicted octanol–water partition coefficient (Wildman–Crippen LogP) is 4.04. The molecule has 3 heterocycles. The summed E-state index contributed by atoms with van der Waals surface area (Å²) >= 11 is 0. The third-order valence-electron chi connectivity index (χ3n) is 5.61. The summed E-state index contributed by atoms with van der Waals surface area (Å²) < 4.78 is 0. The highest BCUT2D eigenvalue weighted by Crippen LogP contribution is 2.37. The maximum Gasteiger partial charge on any atom is 0.268 e. The van der Waals surface area contributed by atoms with Crippen molar-refractivity contribution in [3.05, 3.63) is 59.2 Å². The van der Waals surface area contributed by atoms with Crippen LogP contribution in [0.3, 0.4) is 0 Å². The normalized spacial score (nSPS) is 16.9. The molecule has 3 aromatic heterocycles.